The minimum absolute atomic E-state index is 0.688. The molecule has 0 atom stereocenters. The second-order valence-electron chi connectivity index (χ2n) is 19.6. The topological polar surface area (TPSA) is 13.0 Å². The maximum atomic E-state index is 2.50. The lowest BCUT2D eigenvalue weighted by Gasteiger charge is -2.36. The van der Waals surface area contributed by atoms with Crippen LogP contribution in [0.3, 0.4) is 0 Å². The smallest absolute Gasteiger partial charge is 0.1000 e. The van der Waals surface area contributed by atoms with Gasteiger partial charge in [0.2, 0.25) is 0 Å². The van der Waals surface area contributed by atoms with Gasteiger partial charge in [-0.25, -0.2) is 0 Å². The molecular formula is C123H212N4. The van der Waals surface area contributed by atoms with Crippen LogP contribution in [0, 0.1) is 0 Å². The molecule has 0 heterocycles. The van der Waals surface area contributed by atoms with Gasteiger partial charge in [0.15, 0.2) is 0 Å². The van der Waals surface area contributed by atoms with Crippen LogP contribution >= 0.6 is 0 Å². The Hall–Kier alpha value is -9.38. The quantitative estimate of drug-likeness (QED) is 0.113. The highest BCUT2D eigenvalue weighted by Gasteiger charge is 2.30. The highest BCUT2D eigenvalue weighted by Crippen LogP contribution is 2.48. The maximum absolute atomic E-state index is 2.50. The molecule has 3 aliphatic carbocycles. The second kappa shape index (κ2) is 121. The van der Waals surface area contributed by atoms with Crippen LogP contribution in [0.1, 0.15) is 393 Å². The predicted molar refractivity (Wildman–Crippen MR) is 610 cm³/mol. The lowest BCUT2D eigenvalue weighted by molar-refractivity contribution is 0.914. The van der Waals surface area contributed by atoms with Gasteiger partial charge in [0, 0.05) is 64.8 Å². The van der Waals surface area contributed by atoms with Crippen LogP contribution in [0.5, 0.6) is 0 Å². The number of benzene rings is 11. The van der Waals surface area contributed by atoms with Crippen LogP contribution in [0.2, 0.25) is 0 Å². The third kappa shape index (κ3) is 53.3. The summed E-state index contributed by atoms with van der Waals surface area (Å²) in [5.74, 6) is 0. The van der Waals surface area contributed by atoms with Crippen molar-refractivity contribution in [2.24, 2.45) is 0 Å². The minimum Gasteiger partial charge on any atom is -0.323 e. The van der Waals surface area contributed by atoms with E-state index in [2.05, 4.69) is 299 Å². The standard InChI is InChI=1S/C39H30N2.C32H26N2.26C2H6/c1-3-15-30(16-4-1)40(38-23-11-21-34-32-19-9-7-13-28(32)25-36(34)38)27-41(31-17-5-2-6-18-31)39-24-12-22-35-33-20-10-8-14-29(33)26-37(35)39;1-4-14-26(15-5-1)33(27-16-6-2-7-17-27)24-34(28-18-8-3-9-19-28)32-22-12-21-30-29-20-11-10-13-25(29)23-31(30)32;26*1-2/h1-24H,25-27H2;1-22H,23-24H2;26*1-2H3. The summed E-state index contributed by atoms with van der Waals surface area (Å²) in [4.78, 5) is 9.83. The fourth-order valence-electron chi connectivity index (χ4n) is 11.7. The largest absolute Gasteiger partial charge is 0.323 e. The van der Waals surface area contributed by atoms with E-state index in [1.807, 2.05) is 360 Å². The van der Waals surface area contributed by atoms with E-state index in [9.17, 15) is 0 Å². The Morgan fingerprint density at radius 2 is 0.268 bits per heavy atom. The third-order valence-corrected chi connectivity index (χ3v) is 15.3. The molecule has 0 radical (unpaired) electrons. The van der Waals surface area contributed by atoms with Gasteiger partial charge in [0.25, 0.3) is 0 Å². The Balaban J connectivity index is -0.000000112. The number of hydrogen-bond acceptors (Lipinski definition) is 4. The number of rotatable bonds is 12. The zero-order valence-corrected chi connectivity index (χ0v) is 93.9. The van der Waals surface area contributed by atoms with Gasteiger partial charge in [0.1, 0.15) is 0 Å². The van der Waals surface area contributed by atoms with Gasteiger partial charge in [-0.05, 0) is 146 Å². The Labute approximate surface area is 798 Å². The number of fused-ring (bicyclic) bond motifs is 9. The summed E-state index contributed by atoms with van der Waals surface area (Å²) in [6.45, 7) is 105. The predicted octanol–water partition coefficient (Wildman–Crippen LogP) is 44.6. The molecule has 0 bridgehead atoms. The van der Waals surface area contributed by atoms with Gasteiger partial charge in [-0.1, -0.05) is 560 Å². The molecule has 3 aliphatic rings. The van der Waals surface area contributed by atoms with E-state index in [1.165, 1.54) is 112 Å². The molecule has 724 valence electrons. The zero-order valence-electron chi connectivity index (χ0n) is 93.9. The Kier molecular flexibility index (Phi) is 142. The highest BCUT2D eigenvalue weighted by atomic mass is 15.3. The number of hydrogen-bond donors (Lipinski definition) is 0. The van der Waals surface area contributed by atoms with Gasteiger partial charge in [-0.2, -0.15) is 0 Å². The van der Waals surface area contributed by atoms with Crippen molar-refractivity contribution < 1.29 is 0 Å². The van der Waals surface area contributed by atoms with Crippen molar-refractivity contribution in [1.82, 2.24) is 0 Å². The summed E-state index contributed by atoms with van der Waals surface area (Å²) in [6, 6.07) is 101. The Morgan fingerprint density at radius 3 is 0.441 bits per heavy atom. The van der Waals surface area contributed by atoms with Gasteiger partial charge in [-0.3, -0.25) is 0 Å². The molecule has 0 saturated carbocycles. The summed E-state index contributed by atoms with van der Waals surface area (Å²) >= 11 is 0. The van der Waals surface area contributed by atoms with Crippen molar-refractivity contribution in [3.63, 3.8) is 0 Å². The molecule has 0 spiro atoms. The van der Waals surface area contributed by atoms with Crippen LogP contribution in [0.25, 0.3) is 33.4 Å². The van der Waals surface area contributed by atoms with Gasteiger partial charge < -0.3 is 19.6 Å². The molecule has 0 fully saturated rings. The van der Waals surface area contributed by atoms with Gasteiger partial charge in [0.05, 0.1) is 13.3 Å². The van der Waals surface area contributed by atoms with Crippen LogP contribution in [-0.4, -0.2) is 13.3 Å². The van der Waals surface area contributed by atoms with E-state index in [0.29, 0.717) is 13.3 Å². The molecule has 0 aromatic heterocycles. The molecule has 4 nitrogen and oxygen atoms in total. The molecule has 14 rings (SSSR count). The average molecular weight is 1750 g/mol. The normalized spacial score (nSPS) is 8.28. The van der Waals surface area contributed by atoms with E-state index in [4.69, 9.17) is 0 Å². The van der Waals surface area contributed by atoms with E-state index in [0.717, 1.165) is 19.3 Å². The van der Waals surface area contributed by atoms with E-state index >= 15 is 0 Å². The molecule has 127 heavy (non-hydrogen) atoms. The Bertz CT molecular complexity index is 3590. The fraction of sp³-hybridized carbons (Fsp3) is 0.463. The van der Waals surface area contributed by atoms with Gasteiger partial charge >= 0.3 is 0 Å². The number of anilines is 8. The molecule has 0 N–H and O–H groups in total. The van der Waals surface area contributed by atoms with Crippen molar-refractivity contribution in [3.05, 3.63) is 312 Å². The molecule has 0 aliphatic heterocycles. The first-order valence-electron chi connectivity index (χ1n) is 52.2. The van der Waals surface area contributed by atoms with Crippen LogP contribution in [0.15, 0.2) is 279 Å². The van der Waals surface area contributed by atoms with Crippen molar-refractivity contribution in [2.75, 3.05) is 32.9 Å². The lowest BCUT2D eigenvalue weighted by atomic mass is 10.0. The summed E-state index contributed by atoms with van der Waals surface area (Å²) in [5.41, 5.74) is 26.2. The van der Waals surface area contributed by atoms with Crippen LogP contribution in [0.4, 0.5) is 45.5 Å². The summed E-state index contributed by atoms with van der Waals surface area (Å²) in [6.07, 6.45) is 2.86. The van der Waals surface area contributed by atoms with E-state index in [-0.39, 0.29) is 0 Å². The lowest BCUT2D eigenvalue weighted by Crippen LogP contribution is -2.33. The van der Waals surface area contributed by atoms with Gasteiger partial charge in [-0.15, -0.1) is 0 Å². The first-order chi connectivity index (χ1) is 63.2. The SMILES string of the molecule is CC.CC.CC.CC.CC.CC.CC.CC.CC.CC.CC.CC.CC.CC.CC.CC.CC.CC.CC.CC.CC.CC.CC.CC.CC.CC.c1ccc(N(CN(c2ccccc2)c2cccc3c2Cc2ccccc2-3)c2cccc3c2Cc2ccccc2-3)cc1.c1ccc(N(CN(c2ccccc2)c2cccc3c2Cc2ccccc2-3)c2ccccc2)cc1. The first-order valence-corrected chi connectivity index (χ1v) is 52.2. The average Bonchev–Trinajstić information content (AvgIpc) is 1.63. The highest BCUT2D eigenvalue weighted by molar-refractivity contribution is 5.88. The number of para-hydroxylation sites is 5. The molecule has 11 aromatic carbocycles. The molecule has 4 heteroatoms. The Morgan fingerprint density at radius 1 is 0.134 bits per heavy atom. The maximum Gasteiger partial charge on any atom is 0.1000 e. The molecule has 0 unspecified atom stereocenters. The second-order valence-corrected chi connectivity index (χ2v) is 19.6. The van der Waals surface area contributed by atoms with Crippen LogP contribution < -0.4 is 19.6 Å². The summed E-state index contributed by atoms with van der Waals surface area (Å²) in [5, 5.41) is 0. The van der Waals surface area contributed by atoms with E-state index < -0.39 is 0 Å². The molecule has 0 saturated heterocycles. The van der Waals surface area contributed by atoms with Crippen LogP contribution in [-0.2, 0) is 19.3 Å². The third-order valence-electron chi connectivity index (χ3n) is 15.3. The molecule has 0 amide bonds. The van der Waals surface area contributed by atoms with Crippen molar-refractivity contribution in [1.29, 1.82) is 0 Å². The fourth-order valence-corrected chi connectivity index (χ4v) is 11.7. The monoisotopic (exact) mass is 1750 g/mol. The van der Waals surface area contributed by atoms with E-state index in [1.54, 1.807) is 0 Å². The van der Waals surface area contributed by atoms with Crippen molar-refractivity contribution in [3.8, 4) is 33.4 Å². The van der Waals surface area contributed by atoms with Crippen molar-refractivity contribution >= 4 is 45.5 Å². The minimum atomic E-state index is 0.688. The number of nitrogens with zero attached hydrogens (tertiary/aromatic N) is 4. The molecule has 11 aromatic rings. The van der Waals surface area contributed by atoms with Crippen molar-refractivity contribution in [2.45, 2.75) is 379 Å². The first kappa shape index (κ1) is 149. The summed E-state index contributed by atoms with van der Waals surface area (Å²) in [7, 11) is 0. The summed E-state index contributed by atoms with van der Waals surface area (Å²) < 4.78 is 0. The molecular weight excluding hydrogens is 1530 g/mol. The zero-order chi connectivity index (χ0) is 102.